The Hall–Kier alpha value is -1.88. The Morgan fingerprint density at radius 3 is 2.37 bits per heavy atom. The normalized spacial score (nSPS) is 9.63. The average Bonchev–Trinajstić information content (AvgIpc) is 2.94. The van der Waals surface area contributed by atoms with Gasteiger partial charge in [-0.3, -0.25) is 10.1 Å². The van der Waals surface area contributed by atoms with Crippen LogP contribution < -0.4 is 34.7 Å². The Kier molecular flexibility index (Phi) is 10.3. The third-order valence-corrected chi connectivity index (χ3v) is 4.43. The molecular formula is C17H16NNaO7S. The molecule has 1 aromatic heterocycles. The van der Waals surface area contributed by atoms with Crippen molar-refractivity contribution in [3.05, 3.63) is 64.2 Å². The number of hydrogen-bond acceptors (Lipinski definition) is 6. The molecular weight excluding hydrogens is 385 g/mol. The van der Waals surface area contributed by atoms with Crippen molar-refractivity contribution in [2.24, 2.45) is 0 Å². The van der Waals surface area contributed by atoms with Gasteiger partial charge in [-0.2, -0.15) is 11.8 Å². The molecule has 0 bridgehead atoms. The Labute approximate surface area is 180 Å². The molecule has 27 heavy (non-hydrogen) atoms. The van der Waals surface area contributed by atoms with E-state index in [1.807, 2.05) is 6.07 Å². The summed E-state index contributed by atoms with van der Waals surface area (Å²) in [6.07, 6.45) is 0. The predicted octanol–water partition coefficient (Wildman–Crippen LogP) is -1.65. The summed E-state index contributed by atoms with van der Waals surface area (Å²) >= 11 is 1.21. The van der Waals surface area contributed by atoms with Crippen molar-refractivity contribution in [2.75, 3.05) is 5.75 Å². The summed E-state index contributed by atoms with van der Waals surface area (Å²) in [5.74, 6) is -1.05. The van der Waals surface area contributed by atoms with Crippen LogP contribution in [-0.4, -0.2) is 27.6 Å². The Morgan fingerprint density at radius 1 is 1.11 bits per heavy atom. The molecule has 0 radical (unpaired) electrons. The number of benzene rings is 2. The van der Waals surface area contributed by atoms with Gasteiger partial charge in [-0.1, -0.05) is 36.4 Å². The number of nitrogens with zero attached hydrogens (tertiary/aromatic N) is 1. The molecule has 10 heteroatoms. The number of rotatable bonds is 6. The van der Waals surface area contributed by atoms with Crippen molar-refractivity contribution < 1.29 is 59.8 Å². The number of thioether (sulfide) groups is 1. The maximum absolute atomic E-state index is 11.3. The van der Waals surface area contributed by atoms with E-state index in [0.717, 1.165) is 5.56 Å². The fourth-order valence-corrected chi connectivity index (χ4v) is 3.17. The molecule has 0 spiro atoms. The molecule has 0 amide bonds. The molecule has 0 atom stereocenters. The molecule has 0 aliphatic rings. The van der Waals surface area contributed by atoms with Crippen molar-refractivity contribution in [2.45, 2.75) is 5.75 Å². The Morgan fingerprint density at radius 2 is 1.78 bits per heavy atom. The van der Waals surface area contributed by atoms with Gasteiger partial charge in [0.25, 0.3) is 0 Å². The van der Waals surface area contributed by atoms with Crippen LogP contribution in [0.4, 0.5) is 5.88 Å². The van der Waals surface area contributed by atoms with Crippen LogP contribution in [-0.2, 0) is 10.5 Å². The summed E-state index contributed by atoms with van der Waals surface area (Å²) in [5.41, 5.74) is 2.42. The predicted molar refractivity (Wildman–Crippen MR) is 96.7 cm³/mol. The summed E-state index contributed by atoms with van der Waals surface area (Å²) in [6.45, 7) is 0. The minimum atomic E-state index is -1.12. The molecule has 0 aliphatic heterocycles. The zero-order chi connectivity index (χ0) is 17.1. The molecule has 1 heterocycles. The van der Waals surface area contributed by atoms with Gasteiger partial charge < -0.3 is 25.3 Å². The van der Waals surface area contributed by atoms with Crippen LogP contribution in [0.1, 0.15) is 5.56 Å². The standard InChI is InChI=1S/C17H13NO5S.Na.2H2O/c19-15(20)10-24-9-11-6-7-14-13(8-11)16(17(23-14)18(21)22)12-4-2-1-3-5-12;;;/h1-8H,9-10H2,(H,19,20);;2*1H2/q;+1;;/p-1. The number of carboxylic acid groups (broad SMARTS) is 1. The maximum atomic E-state index is 11.3. The smallest absolute Gasteiger partial charge is 0.549 e. The van der Waals surface area contributed by atoms with Gasteiger partial charge in [-0.15, -0.1) is 0 Å². The molecule has 3 aromatic rings. The van der Waals surface area contributed by atoms with Gasteiger partial charge in [0.1, 0.15) is 16.1 Å². The summed E-state index contributed by atoms with van der Waals surface area (Å²) in [5, 5.41) is 22.5. The molecule has 0 saturated carbocycles. The second kappa shape index (κ2) is 11.1. The molecule has 0 saturated heterocycles. The minimum absolute atomic E-state index is 0. The van der Waals surface area contributed by atoms with Gasteiger partial charge in [0, 0.05) is 16.9 Å². The van der Waals surface area contributed by atoms with E-state index in [4.69, 9.17) is 4.42 Å². The maximum Gasteiger partial charge on any atom is 1.00 e. The van der Waals surface area contributed by atoms with Crippen LogP contribution in [0.3, 0.4) is 0 Å². The van der Waals surface area contributed by atoms with Crippen LogP contribution in [0, 0.1) is 10.1 Å². The summed E-state index contributed by atoms with van der Waals surface area (Å²) in [7, 11) is 0. The number of nitro groups is 1. The minimum Gasteiger partial charge on any atom is -0.549 e. The van der Waals surface area contributed by atoms with E-state index in [2.05, 4.69) is 0 Å². The fourth-order valence-electron chi connectivity index (χ4n) is 2.49. The number of carboxylic acids is 1. The van der Waals surface area contributed by atoms with Crippen LogP contribution in [0.15, 0.2) is 52.9 Å². The third-order valence-electron chi connectivity index (χ3n) is 3.45. The van der Waals surface area contributed by atoms with E-state index in [1.165, 1.54) is 11.8 Å². The van der Waals surface area contributed by atoms with E-state index >= 15 is 0 Å². The number of fused-ring (bicyclic) bond motifs is 1. The molecule has 3 rings (SSSR count). The molecule has 0 aliphatic carbocycles. The van der Waals surface area contributed by atoms with E-state index in [1.54, 1.807) is 42.5 Å². The van der Waals surface area contributed by atoms with Gasteiger partial charge >= 0.3 is 35.4 Å². The number of hydrogen-bond donors (Lipinski definition) is 0. The molecule has 4 N–H and O–H groups in total. The fraction of sp³-hybridized carbons (Fsp3) is 0.118. The summed E-state index contributed by atoms with van der Waals surface area (Å²) in [6, 6.07) is 14.3. The number of carbonyl (C=O) groups is 1. The van der Waals surface area contributed by atoms with Crippen LogP contribution in [0.5, 0.6) is 0 Å². The van der Waals surface area contributed by atoms with Gasteiger partial charge in [0.05, 0.1) is 5.97 Å². The first-order valence-corrected chi connectivity index (χ1v) is 8.24. The van der Waals surface area contributed by atoms with Crippen LogP contribution in [0.2, 0.25) is 0 Å². The average molecular weight is 401 g/mol. The van der Waals surface area contributed by atoms with E-state index in [9.17, 15) is 20.0 Å². The monoisotopic (exact) mass is 401 g/mol. The first-order valence-electron chi connectivity index (χ1n) is 7.09. The van der Waals surface area contributed by atoms with Crippen molar-refractivity contribution in [1.82, 2.24) is 0 Å². The Bertz CT molecular complexity index is 914. The number of furan rings is 1. The second-order valence-electron chi connectivity index (χ2n) is 5.10. The van der Waals surface area contributed by atoms with Crippen molar-refractivity contribution >= 4 is 34.6 Å². The number of aliphatic carboxylic acids is 1. The third kappa shape index (κ3) is 5.80. The summed E-state index contributed by atoms with van der Waals surface area (Å²) < 4.78 is 5.40. The zero-order valence-corrected chi connectivity index (χ0v) is 17.2. The topological polar surface area (TPSA) is 159 Å². The van der Waals surface area contributed by atoms with E-state index in [0.29, 0.717) is 27.8 Å². The molecule has 8 nitrogen and oxygen atoms in total. The van der Waals surface area contributed by atoms with Crippen molar-refractivity contribution in [3.8, 4) is 11.1 Å². The van der Waals surface area contributed by atoms with Crippen molar-refractivity contribution in [1.29, 1.82) is 0 Å². The summed E-state index contributed by atoms with van der Waals surface area (Å²) in [4.78, 5) is 21.3. The van der Waals surface area contributed by atoms with Crippen LogP contribution >= 0.6 is 11.8 Å². The van der Waals surface area contributed by atoms with Crippen LogP contribution in [0.25, 0.3) is 22.1 Å². The van der Waals surface area contributed by atoms with Gasteiger partial charge in [0.15, 0.2) is 0 Å². The largest absolute Gasteiger partial charge is 1.00 e. The van der Waals surface area contributed by atoms with E-state index in [-0.39, 0.29) is 52.1 Å². The number of carbonyl (C=O) groups excluding carboxylic acids is 1. The SMILES string of the molecule is O.O.O=C([O-])CSCc1ccc2oc([N+](=O)[O-])c(-c3ccccc3)c2c1.[Na+]. The van der Waals surface area contributed by atoms with Gasteiger partial charge in [-0.25, -0.2) is 0 Å². The first kappa shape index (κ1) is 25.1. The molecule has 138 valence electrons. The second-order valence-corrected chi connectivity index (χ2v) is 6.09. The van der Waals surface area contributed by atoms with Gasteiger partial charge in [0.2, 0.25) is 0 Å². The Balaban J connectivity index is 0.00000225. The molecule has 0 fully saturated rings. The first-order chi connectivity index (χ1) is 11.6. The zero-order valence-electron chi connectivity index (χ0n) is 14.4. The molecule has 0 unspecified atom stereocenters. The van der Waals surface area contributed by atoms with Gasteiger partial charge in [-0.05, 0) is 23.3 Å². The van der Waals surface area contributed by atoms with E-state index < -0.39 is 10.9 Å². The van der Waals surface area contributed by atoms with Crippen molar-refractivity contribution in [3.63, 3.8) is 0 Å². The molecule has 2 aromatic carbocycles. The quantitative estimate of drug-likeness (QED) is 0.273.